The number of benzene rings is 2. The van der Waals surface area contributed by atoms with Crippen molar-refractivity contribution in [1.29, 1.82) is 0 Å². The standard InChI is InChI=1S/C17H24FN2O.C7H6O2.CH3F.CH3.Cs/c1-4-13(10-18)5-7-19-11-15-14-6-8-20-17(14)12(2)9-16(15)21-3;8-7(9)6-4-2-1-3-5-6;1-2;;/h6,8-9,13,19-20H,1,4-5,7,10-11H2,2-3H3;1-5H,(H,8,9);1H3;1H3;/q-1;;;-1;+1. The molecule has 0 spiro atoms. The molecular formula is C26H36CsF2N2O3-. The molecule has 3 aromatic rings. The molecule has 3 rings (SSSR count). The van der Waals surface area contributed by atoms with Crippen LogP contribution in [0.2, 0.25) is 0 Å². The average molecular weight is 595 g/mol. The number of carbonyl (C=O) groups is 1. The van der Waals surface area contributed by atoms with Crippen LogP contribution in [0.3, 0.4) is 0 Å². The minimum Gasteiger partial charge on any atom is -0.496 e. The fourth-order valence-electron chi connectivity index (χ4n) is 3.20. The number of alkyl halides is 2. The molecule has 184 valence electrons. The summed E-state index contributed by atoms with van der Waals surface area (Å²) in [5.41, 5.74) is 3.79. The van der Waals surface area contributed by atoms with Gasteiger partial charge in [0.05, 0.1) is 26.5 Å². The maximum atomic E-state index is 12.6. The molecule has 0 aliphatic carbocycles. The zero-order valence-corrected chi connectivity index (χ0v) is 27.2. The van der Waals surface area contributed by atoms with E-state index in [1.54, 1.807) is 37.4 Å². The van der Waals surface area contributed by atoms with Crippen LogP contribution in [0.4, 0.5) is 8.78 Å². The molecule has 0 aliphatic heterocycles. The molecule has 34 heavy (non-hydrogen) atoms. The van der Waals surface area contributed by atoms with E-state index in [0.717, 1.165) is 29.8 Å². The number of carboxylic acids is 1. The predicted octanol–water partition coefficient (Wildman–Crippen LogP) is 3.20. The Balaban J connectivity index is 0. The summed E-state index contributed by atoms with van der Waals surface area (Å²) in [7, 11) is 2.19. The van der Waals surface area contributed by atoms with Gasteiger partial charge in [0.1, 0.15) is 5.75 Å². The van der Waals surface area contributed by atoms with Gasteiger partial charge in [0, 0.05) is 29.2 Å². The first-order valence-electron chi connectivity index (χ1n) is 10.4. The molecule has 2 aromatic carbocycles. The van der Waals surface area contributed by atoms with Gasteiger partial charge >= 0.3 is 74.9 Å². The SMILES string of the molecule is CF.O=C(O)c1ccccc1.[CH2-]CC(CF)CCNCc1c(OC)cc(C)c2[nH]ccc12.[CH3-].[Cs+]. The van der Waals surface area contributed by atoms with E-state index in [0.29, 0.717) is 25.7 Å². The summed E-state index contributed by atoms with van der Waals surface area (Å²) in [6.45, 7) is 7.05. The molecule has 0 aliphatic rings. The van der Waals surface area contributed by atoms with Gasteiger partial charge in [-0.05, 0) is 55.6 Å². The third kappa shape index (κ3) is 11.2. The minimum absolute atomic E-state index is 0. The van der Waals surface area contributed by atoms with Crippen molar-refractivity contribution in [1.82, 2.24) is 10.3 Å². The van der Waals surface area contributed by atoms with Gasteiger partial charge in [-0.2, -0.15) is 6.42 Å². The van der Waals surface area contributed by atoms with Gasteiger partial charge in [0.2, 0.25) is 0 Å². The van der Waals surface area contributed by atoms with Gasteiger partial charge in [-0.3, -0.25) is 8.78 Å². The zero-order valence-electron chi connectivity index (χ0n) is 21.0. The van der Waals surface area contributed by atoms with Gasteiger partial charge in [-0.25, -0.2) is 4.79 Å². The number of H-pyrrole nitrogens is 1. The Morgan fingerprint density at radius 2 is 1.88 bits per heavy atom. The summed E-state index contributed by atoms with van der Waals surface area (Å²) in [6.07, 6.45) is 3.40. The number of nitrogens with one attached hydrogen (secondary N) is 2. The molecular weight excluding hydrogens is 559 g/mol. The molecule has 0 saturated heterocycles. The number of rotatable bonds is 9. The van der Waals surface area contributed by atoms with Crippen molar-refractivity contribution in [3.05, 3.63) is 79.7 Å². The number of hydrogen-bond acceptors (Lipinski definition) is 3. The van der Waals surface area contributed by atoms with E-state index in [1.165, 1.54) is 10.9 Å². The maximum absolute atomic E-state index is 12.6. The Morgan fingerprint density at radius 1 is 1.24 bits per heavy atom. The molecule has 1 unspecified atom stereocenters. The van der Waals surface area contributed by atoms with Crippen LogP contribution in [0.25, 0.3) is 10.9 Å². The Kier molecular flexibility index (Phi) is 21.1. The third-order valence-electron chi connectivity index (χ3n) is 5.01. The number of aromatic nitrogens is 1. The van der Waals surface area contributed by atoms with E-state index in [4.69, 9.17) is 9.84 Å². The molecule has 0 bridgehead atoms. The molecule has 0 amide bonds. The number of aryl methyl sites for hydroxylation is 1. The number of aromatic amines is 1. The number of aromatic carboxylic acids is 1. The second-order valence-electron chi connectivity index (χ2n) is 7.09. The topological polar surface area (TPSA) is 74.3 Å². The molecule has 0 saturated carbocycles. The van der Waals surface area contributed by atoms with Crippen molar-refractivity contribution in [3.63, 3.8) is 0 Å². The second kappa shape index (κ2) is 20.3. The van der Waals surface area contributed by atoms with E-state index >= 15 is 0 Å². The van der Waals surface area contributed by atoms with Gasteiger partial charge in [0.25, 0.3) is 0 Å². The maximum Gasteiger partial charge on any atom is 1.00 e. The van der Waals surface area contributed by atoms with Crippen LogP contribution in [0.15, 0.2) is 48.7 Å². The van der Waals surface area contributed by atoms with Crippen molar-refractivity contribution in [2.75, 3.05) is 27.5 Å². The van der Waals surface area contributed by atoms with Crippen molar-refractivity contribution in [2.24, 2.45) is 5.92 Å². The van der Waals surface area contributed by atoms with Crippen LogP contribution in [-0.2, 0) is 6.54 Å². The molecule has 1 aromatic heterocycles. The number of fused-ring (bicyclic) bond motifs is 1. The Labute approximate surface area is 261 Å². The first-order valence-corrected chi connectivity index (χ1v) is 10.4. The van der Waals surface area contributed by atoms with E-state index in [2.05, 4.69) is 36.3 Å². The van der Waals surface area contributed by atoms with Crippen LogP contribution in [0.1, 0.15) is 34.3 Å². The van der Waals surface area contributed by atoms with Crippen molar-refractivity contribution in [2.45, 2.75) is 26.3 Å². The predicted molar refractivity (Wildman–Crippen MR) is 132 cm³/mol. The van der Waals surface area contributed by atoms with Gasteiger partial charge < -0.3 is 34.5 Å². The molecule has 0 fully saturated rings. The van der Waals surface area contributed by atoms with Gasteiger partial charge in [0.15, 0.2) is 0 Å². The summed E-state index contributed by atoms with van der Waals surface area (Å²) in [5, 5.41) is 13.0. The van der Waals surface area contributed by atoms with Crippen LogP contribution in [0, 0.1) is 27.2 Å². The summed E-state index contributed by atoms with van der Waals surface area (Å²) in [6, 6.07) is 12.4. The first-order chi connectivity index (χ1) is 15.5. The van der Waals surface area contributed by atoms with E-state index in [-0.39, 0.29) is 88.9 Å². The largest absolute Gasteiger partial charge is 1.00 e. The van der Waals surface area contributed by atoms with E-state index in [1.807, 2.05) is 6.20 Å². The molecule has 8 heteroatoms. The third-order valence-corrected chi connectivity index (χ3v) is 5.01. The summed E-state index contributed by atoms with van der Waals surface area (Å²) >= 11 is 0. The number of methoxy groups -OCH3 is 1. The average Bonchev–Trinajstić information content (AvgIpc) is 3.33. The number of hydrogen-bond donors (Lipinski definition) is 3. The van der Waals surface area contributed by atoms with E-state index in [9.17, 15) is 13.6 Å². The Hall–Kier alpha value is -0.878. The first kappa shape index (κ1) is 35.3. The van der Waals surface area contributed by atoms with Crippen molar-refractivity contribution < 1.29 is 92.3 Å². The van der Waals surface area contributed by atoms with Crippen LogP contribution < -0.4 is 78.9 Å². The summed E-state index contributed by atoms with van der Waals surface area (Å²) < 4.78 is 27.6. The Bertz CT molecular complexity index is 932. The smallest absolute Gasteiger partial charge is 0.496 e. The Morgan fingerprint density at radius 3 is 2.38 bits per heavy atom. The van der Waals surface area contributed by atoms with E-state index < -0.39 is 5.97 Å². The monoisotopic (exact) mass is 595 g/mol. The molecule has 3 N–H and O–H groups in total. The van der Waals surface area contributed by atoms with Crippen molar-refractivity contribution >= 4 is 16.9 Å². The van der Waals surface area contributed by atoms with Gasteiger partial charge in [-0.1, -0.05) is 18.2 Å². The van der Waals surface area contributed by atoms with Crippen molar-refractivity contribution in [3.8, 4) is 5.75 Å². The number of halogens is 2. The van der Waals surface area contributed by atoms with Crippen LogP contribution in [0.5, 0.6) is 5.75 Å². The fraction of sp³-hybridized carbons (Fsp3) is 0.346. The summed E-state index contributed by atoms with van der Waals surface area (Å²) in [4.78, 5) is 13.5. The zero-order chi connectivity index (χ0) is 23.9. The molecule has 5 nitrogen and oxygen atoms in total. The number of carboxylic acid groups (broad SMARTS) is 1. The fourth-order valence-corrected chi connectivity index (χ4v) is 3.20. The van der Waals surface area contributed by atoms with Crippen LogP contribution in [-0.4, -0.2) is 43.6 Å². The minimum atomic E-state index is -0.879. The quantitative estimate of drug-likeness (QED) is 0.263. The number of ether oxygens (including phenoxy) is 1. The van der Waals surface area contributed by atoms with Crippen LogP contribution >= 0.6 is 0 Å². The normalized spacial score (nSPS) is 10.4. The van der Waals surface area contributed by atoms with Gasteiger partial charge in [-0.15, -0.1) is 0 Å². The molecule has 0 radical (unpaired) electrons. The second-order valence-corrected chi connectivity index (χ2v) is 7.09. The molecule has 1 heterocycles. The summed E-state index contributed by atoms with van der Waals surface area (Å²) in [5.74, 6) is 0.0755. The molecule has 1 atom stereocenters.